The lowest BCUT2D eigenvalue weighted by molar-refractivity contribution is -0.138. The minimum atomic E-state index is -4.56. The lowest BCUT2D eigenvalue weighted by atomic mass is 10.1. The number of halogens is 3. The maximum absolute atomic E-state index is 13.1. The number of nitrogens with one attached hydrogen (secondary N) is 1. The standard InChI is InChI=1S/C15H21F3N2O2S/c1-2-9-20(13-7-8-19-10-13)23(21,22)11-12-5-3-4-6-14(12)15(16,17)18/h3-6,13,19H,2,7-11H2,1H3. The van der Waals surface area contributed by atoms with Gasteiger partial charge in [0.05, 0.1) is 11.3 Å². The van der Waals surface area contributed by atoms with Crippen molar-refractivity contribution in [3.8, 4) is 0 Å². The van der Waals surface area contributed by atoms with Crippen LogP contribution in [0.25, 0.3) is 0 Å². The Kier molecular flexibility index (Phi) is 5.70. The van der Waals surface area contributed by atoms with E-state index in [0.29, 0.717) is 25.9 Å². The smallest absolute Gasteiger partial charge is 0.315 e. The van der Waals surface area contributed by atoms with Gasteiger partial charge in [0.25, 0.3) is 0 Å². The topological polar surface area (TPSA) is 49.4 Å². The Labute approximate surface area is 134 Å². The maximum atomic E-state index is 13.1. The SMILES string of the molecule is CCCN(C1CCNC1)S(=O)(=O)Cc1ccccc1C(F)(F)F. The van der Waals surface area contributed by atoms with E-state index in [2.05, 4.69) is 5.32 Å². The fourth-order valence-electron chi connectivity index (χ4n) is 2.86. The van der Waals surface area contributed by atoms with Crippen molar-refractivity contribution in [3.05, 3.63) is 35.4 Å². The van der Waals surface area contributed by atoms with Gasteiger partial charge >= 0.3 is 6.18 Å². The van der Waals surface area contributed by atoms with Crippen molar-refractivity contribution in [2.75, 3.05) is 19.6 Å². The lowest BCUT2D eigenvalue weighted by Gasteiger charge is -2.27. The molecule has 2 rings (SSSR count). The molecular formula is C15H21F3N2O2S. The molecule has 1 aromatic rings. The summed E-state index contributed by atoms with van der Waals surface area (Å²) < 4.78 is 65.9. The van der Waals surface area contributed by atoms with Crippen molar-refractivity contribution in [2.45, 2.75) is 37.7 Å². The minimum absolute atomic E-state index is 0.182. The quantitative estimate of drug-likeness (QED) is 0.858. The molecule has 0 spiro atoms. The van der Waals surface area contributed by atoms with E-state index in [0.717, 1.165) is 12.6 Å². The van der Waals surface area contributed by atoms with Crippen LogP contribution in [0.5, 0.6) is 0 Å². The molecule has 1 aliphatic rings. The number of alkyl halides is 3. The number of nitrogens with zero attached hydrogens (tertiary/aromatic N) is 1. The van der Waals surface area contributed by atoms with Crippen molar-refractivity contribution in [2.24, 2.45) is 0 Å². The molecule has 1 aromatic carbocycles. The van der Waals surface area contributed by atoms with Gasteiger partial charge in [0.1, 0.15) is 0 Å². The van der Waals surface area contributed by atoms with Crippen LogP contribution in [0.1, 0.15) is 30.9 Å². The Bertz CT molecular complexity index is 626. The summed E-state index contributed by atoms with van der Waals surface area (Å²) in [5, 5.41) is 3.10. The van der Waals surface area contributed by atoms with Crippen molar-refractivity contribution >= 4 is 10.0 Å². The molecule has 0 amide bonds. The molecule has 1 heterocycles. The van der Waals surface area contributed by atoms with Gasteiger partial charge in [0, 0.05) is 19.1 Å². The van der Waals surface area contributed by atoms with Gasteiger partial charge in [-0.05, 0) is 31.0 Å². The van der Waals surface area contributed by atoms with Crippen molar-refractivity contribution in [3.63, 3.8) is 0 Å². The van der Waals surface area contributed by atoms with Gasteiger partial charge in [0.15, 0.2) is 0 Å². The van der Waals surface area contributed by atoms with Crippen LogP contribution in [0, 0.1) is 0 Å². The van der Waals surface area contributed by atoms with Gasteiger partial charge in [0.2, 0.25) is 10.0 Å². The number of hydrogen-bond donors (Lipinski definition) is 1. The van der Waals surface area contributed by atoms with Crippen molar-refractivity contribution in [1.29, 1.82) is 0 Å². The molecule has 1 aliphatic heterocycles. The Morgan fingerprint density at radius 3 is 2.57 bits per heavy atom. The fraction of sp³-hybridized carbons (Fsp3) is 0.600. The van der Waals surface area contributed by atoms with Crippen molar-refractivity contribution < 1.29 is 21.6 Å². The van der Waals surface area contributed by atoms with Crippen LogP contribution in [0.4, 0.5) is 13.2 Å². The van der Waals surface area contributed by atoms with Gasteiger partial charge in [-0.2, -0.15) is 17.5 Å². The average Bonchev–Trinajstić information content (AvgIpc) is 2.97. The number of sulfonamides is 1. The molecule has 4 nitrogen and oxygen atoms in total. The number of rotatable bonds is 6. The number of benzene rings is 1. The molecule has 1 fully saturated rings. The maximum Gasteiger partial charge on any atom is 0.416 e. The molecule has 23 heavy (non-hydrogen) atoms. The molecule has 0 saturated carbocycles. The van der Waals surface area contributed by atoms with Gasteiger partial charge in [-0.25, -0.2) is 8.42 Å². The highest BCUT2D eigenvalue weighted by Gasteiger charge is 2.36. The highest BCUT2D eigenvalue weighted by atomic mass is 32.2. The van der Waals surface area contributed by atoms with Crippen LogP contribution in [0.2, 0.25) is 0 Å². The Morgan fingerprint density at radius 2 is 2.00 bits per heavy atom. The summed E-state index contributed by atoms with van der Waals surface area (Å²) in [6.45, 7) is 3.44. The van der Waals surface area contributed by atoms with Gasteiger partial charge in [-0.1, -0.05) is 25.1 Å². The van der Waals surface area contributed by atoms with Gasteiger partial charge < -0.3 is 5.32 Å². The Balaban J connectivity index is 2.29. The zero-order chi connectivity index (χ0) is 17.1. The van der Waals surface area contributed by atoms with E-state index < -0.39 is 27.5 Å². The molecule has 0 aromatic heterocycles. The molecule has 0 radical (unpaired) electrons. The van der Waals surface area contributed by atoms with E-state index in [1.54, 1.807) is 0 Å². The molecule has 130 valence electrons. The van der Waals surface area contributed by atoms with E-state index >= 15 is 0 Å². The summed E-state index contributed by atoms with van der Waals surface area (Å²) in [5.41, 5.74) is -1.09. The van der Waals surface area contributed by atoms with Crippen LogP contribution >= 0.6 is 0 Å². The zero-order valence-corrected chi connectivity index (χ0v) is 13.8. The summed E-state index contributed by atoms with van der Waals surface area (Å²) in [7, 11) is -3.81. The second-order valence-corrected chi connectivity index (χ2v) is 7.59. The first-order chi connectivity index (χ1) is 10.8. The zero-order valence-electron chi connectivity index (χ0n) is 12.9. The minimum Gasteiger partial charge on any atom is -0.315 e. The first kappa shape index (κ1) is 18.2. The van der Waals surface area contributed by atoms with Crippen LogP contribution in [-0.2, 0) is 22.0 Å². The average molecular weight is 350 g/mol. The first-order valence-electron chi connectivity index (χ1n) is 7.61. The Hall–Kier alpha value is -1.12. The predicted molar refractivity (Wildman–Crippen MR) is 82.3 cm³/mol. The second kappa shape index (κ2) is 7.19. The summed E-state index contributed by atoms with van der Waals surface area (Å²) in [6, 6.07) is 4.67. The van der Waals surface area contributed by atoms with Crippen LogP contribution in [0.15, 0.2) is 24.3 Å². The predicted octanol–water partition coefficient (Wildman–Crippen LogP) is 2.61. The summed E-state index contributed by atoms with van der Waals surface area (Å²) in [4.78, 5) is 0. The first-order valence-corrected chi connectivity index (χ1v) is 9.22. The van der Waals surface area contributed by atoms with Crippen LogP contribution in [0.3, 0.4) is 0 Å². The van der Waals surface area contributed by atoms with Gasteiger partial charge in [-0.3, -0.25) is 0 Å². The van der Waals surface area contributed by atoms with E-state index in [-0.39, 0.29) is 11.6 Å². The molecular weight excluding hydrogens is 329 g/mol. The molecule has 0 aliphatic carbocycles. The molecule has 1 N–H and O–H groups in total. The summed E-state index contributed by atoms with van der Waals surface area (Å²) >= 11 is 0. The third-order valence-corrected chi connectivity index (χ3v) is 5.77. The molecule has 1 unspecified atom stereocenters. The highest BCUT2D eigenvalue weighted by Crippen LogP contribution is 2.33. The molecule has 1 atom stereocenters. The third kappa shape index (κ3) is 4.45. The molecule has 1 saturated heterocycles. The second-order valence-electron chi connectivity index (χ2n) is 5.67. The Morgan fingerprint density at radius 1 is 1.30 bits per heavy atom. The number of hydrogen-bond acceptors (Lipinski definition) is 3. The van der Waals surface area contributed by atoms with E-state index in [4.69, 9.17) is 0 Å². The van der Waals surface area contributed by atoms with E-state index in [1.165, 1.54) is 22.5 Å². The largest absolute Gasteiger partial charge is 0.416 e. The fourth-order valence-corrected chi connectivity index (χ4v) is 4.76. The summed E-state index contributed by atoms with van der Waals surface area (Å²) in [6.07, 6.45) is -3.26. The normalized spacial score (nSPS) is 19.4. The van der Waals surface area contributed by atoms with E-state index in [1.807, 2.05) is 6.92 Å². The van der Waals surface area contributed by atoms with Crippen molar-refractivity contribution in [1.82, 2.24) is 9.62 Å². The third-order valence-electron chi connectivity index (χ3n) is 3.90. The van der Waals surface area contributed by atoms with Gasteiger partial charge in [-0.15, -0.1) is 0 Å². The molecule has 0 bridgehead atoms. The van der Waals surface area contributed by atoms with E-state index in [9.17, 15) is 21.6 Å². The van der Waals surface area contributed by atoms with Crippen LogP contribution in [-0.4, -0.2) is 38.4 Å². The lowest BCUT2D eigenvalue weighted by Crippen LogP contribution is -2.42. The summed E-state index contributed by atoms with van der Waals surface area (Å²) in [5.74, 6) is -0.626. The monoisotopic (exact) mass is 350 g/mol. The highest BCUT2D eigenvalue weighted by molar-refractivity contribution is 7.88. The molecule has 8 heteroatoms. The van der Waals surface area contributed by atoms with Crippen LogP contribution < -0.4 is 5.32 Å².